The van der Waals surface area contributed by atoms with Crippen LogP contribution in [0.4, 0.5) is 13.2 Å². The molecule has 2 atom stereocenters. The number of carboxylic acid groups (broad SMARTS) is 1. The van der Waals surface area contributed by atoms with Crippen LogP contribution < -0.4 is 0 Å². The van der Waals surface area contributed by atoms with Gasteiger partial charge in [-0.15, -0.1) is 0 Å². The first-order valence-corrected chi connectivity index (χ1v) is 10.4. The highest BCUT2D eigenvalue weighted by Crippen LogP contribution is 2.32. The third kappa shape index (κ3) is 7.36. The van der Waals surface area contributed by atoms with Gasteiger partial charge in [-0.2, -0.15) is 18.3 Å². The summed E-state index contributed by atoms with van der Waals surface area (Å²) >= 11 is 0. The number of nitrogens with zero attached hydrogens (tertiary/aromatic N) is 3. The van der Waals surface area contributed by atoms with Crippen molar-refractivity contribution < 1.29 is 27.8 Å². The third-order valence-corrected chi connectivity index (χ3v) is 5.52. The molecule has 31 heavy (non-hydrogen) atoms. The molecule has 1 aromatic carbocycles. The van der Waals surface area contributed by atoms with E-state index in [2.05, 4.69) is 46.5 Å². The first-order chi connectivity index (χ1) is 14.7. The molecule has 6 nitrogen and oxygen atoms in total. The van der Waals surface area contributed by atoms with Gasteiger partial charge in [-0.25, -0.2) is 4.79 Å². The molecular formula is C22H28F3N3O3. The molecular weight excluding hydrogens is 411 g/mol. The highest BCUT2D eigenvalue weighted by atomic mass is 19.4. The molecule has 1 saturated carbocycles. The van der Waals surface area contributed by atoms with Crippen LogP contribution in [0.5, 0.6) is 0 Å². The smallest absolute Gasteiger partial charge is 0.475 e. The lowest BCUT2D eigenvalue weighted by molar-refractivity contribution is -0.192. The van der Waals surface area contributed by atoms with Crippen LogP contribution in [0.1, 0.15) is 30.4 Å². The molecule has 170 valence electrons. The van der Waals surface area contributed by atoms with E-state index in [0.717, 1.165) is 38.5 Å². The second-order valence-electron chi connectivity index (χ2n) is 8.16. The number of rotatable bonds is 7. The molecule has 0 spiro atoms. The van der Waals surface area contributed by atoms with Gasteiger partial charge in [0.15, 0.2) is 0 Å². The minimum Gasteiger partial charge on any atom is -0.475 e. The maximum atomic E-state index is 10.6. The van der Waals surface area contributed by atoms with Crippen LogP contribution in [0, 0.1) is 5.92 Å². The molecule has 0 amide bonds. The number of hydrogen-bond acceptors (Lipinski definition) is 4. The van der Waals surface area contributed by atoms with Crippen molar-refractivity contribution in [3.63, 3.8) is 0 Å². The fourth-order valence-corrected chi connectivity index (χ4v) is 3.73. The van der Waals surface area contributed by atoms with E-state index in [1.807, 2.05) is 17.9 Å². The predicted octanol–water partition coefficient (Wildman–Crippen LogP) is 3.67. The highest BCUT2D eigenvalue weighted by molar-refractivity contribution is 5.73. The molecule has 1 aliphatic carbocycles. The number of hydrogen-bond donors (Lipinski definition) is 1. The Morgan fingerprint density at radius 1 is 1.19 bits per heavy atom. The Balaban J connectivity index is 0.000000339. The summed E-state index contributed by atoms with van der Waals surface area (Å²) in [6.45, 7) is 3.03. The highest BCUT2D eigenvalue weighted by Gasteiger charge is 2.38. The van der Waals surface area contributed by atoms with Crippen molar-refractivity contribution in [2.45, 2.75) is 50.6 Å². The zero-order valence-electron chi connectivity index (χ0n) is 17.5. The van der Waals surface area contributed by atoms with E-state index < -0.39 is 12.1 Å². The maximum Gasteiger partial charge on any atom is 0.490 e. The van der Waals surface area contributed by atoms with Gasteiger partial charge in [0.2, 0.25) is 0 Å². The van der Waals surface area contributed by atoms with Crippen molar-refractivity contribution in [3.8, 4) is 0 Å². The second-order valence-corrected chi connectivity index (χ2v) is 8.16. The molecule has 1 N–H and O–H groups in total. The molecule has 2 aliphatic rings. The van der Waals surface area contributed by atoms with E-state index in [1.54, 1.807) is 0 Å². The van der Waals surface area contributed by atoms with Gasteiger partial charge in [-0.05, 0) is 37.2 Å². The van der Waals surface area contributed by atoms with Crippen LogP contribution in [0.2, 0.25) is 0 Å². The molecule has 2 fully saturated rings. The number of aliphatic carboxylic acids is 1. The lowest BCUT2D eigenvalue weighted by Crippen LogP contribution is -2.38. The van der Waals surface area contributed by atoms with Gasteiger partial charge in [-0.1, -0.05) is 30.3 Å². The topological polar surface area (TPSA) is 67.6 Å². The van der Waals surface area contributed by atoms with Gasteiger partial charge < -0.3 is 9.84 Å². The number of carbonyl (C=O) groups is 1. The molecule has 1 aliphatic heterocycles. The van der Waals surface area contributed by atoms with Crippen LogP contribution in [0.3, 0.4) is 0 Å². The molecule has 9 heteroatoms. The van der Waals surface area contributed by atoms with E-state index in [9.17, 15) is 13.2 Å². The number of likely N-dealkylation sites (tertiary alicyclic amines) is 1. The summed E-state index contributed by atoms with van der Waals surface area (Å²) in [6.07, 6.45) is 4.31. The van der Waals surface area contributed by atoms with E-state index in [-0.39, 0.29) is 0 Å². The van der Waals surface area contributed by atoms with Crippen LogP contribution in [-0.2, 0) is 29.5 Å². The van der Waals surface area contributed by atoms with Crippen LogP contribution >= 0.6 is 0 Å². The summed E-state index contributed by atoms with van der Waals surface area (Å²) in [4.78, 5) is 11.5. The number of ether oxygens (including phenoxy) is 1. The van der Waals surface area contributed by atoms with E-state index in [0.29, 0.717) is 12.1 Å². The maximum absolute atomic E-state index is 10.6. The van der Waals surface area contributed by atoms with Crippen molar-refractivity contribution in [2.75, 3.05) is 13.2 Å². The zero-order valence-corrected chi connectivity index (χ0v) is 17.5. The molecule has 1 aromatic heterocycles. The quantitative estimate of drug-likeness (QED) is 0.713. The fraction of sp³-hybridized carbons (Fsp3) is 0.545. The van der Waals surface area contributed by atoms with E-state index in [1.165, 1.54) is 24.0 Å². The average Bonchev–Trinajstić information content (AvgIpc) is 3.36. The van der Waals surface area contributed by atoms with E-state index >= 15 is 0 Å². The molecule has 2 aromatic rings. The van der Waals surface area contributed by atoms with Crippen LogP contribution in [-0.4, -0.2) is 57.2 Å². The molecule has 0 unspecified atom stereocenters. The number of carboxylic acids is 1. The minimum absolute atomic E-state index is 0.363. The van der Waals surface area contributed by atoms with Crippen LogP contribution in [0.15, 0.2) is 42.7 Å². The fourth-order valence-electron chi connectivity index (χ4n) is 3.73. The molecule has 2 heterocycles. The van der Waals surface area contributed by atoms with Crippen molar-refractivity contribution >= 4 is 5.97 Å². The van der Waals surface area contributed by atoms with Crippen molar-refractivity contribution in [1.82, 2.24) is 14.7 Å². The largest absolute Gasteiger partial charge is 0.490 e. The lowest BCUT2D eigenvalue weighted by Gasteiger charge is -2.28. The Hall–Kier alpha value is -2.39. The SMILES string of the molecule is Cn1cc(CN2CC[C@@H](OCC3CC3)[C@@H]2Cc2ccccc2)cn1.O=C(O)C(F)(F)F. The molecule has 1 saturated heterocycles. The first-order valence-electron chi connectivity index (χ1n) is 10.4. The Kier molecular flexibility index (Phi) is 7.72. The monoisotopic (exact) mass is 439 g/mol. The molecule has 0 radical (unpaired) electrons. The number of aromatic nitrogens is 2. The molecule has 4 rings (SSSR count). The second kappa shape index (κ2) is 10.3. The number of halogens is 3. The van der Waals surface area contributed by atoms with Gasteiger partial charge in [-0.3, -0.25) is 9.58 Å². The first kappa shape index (κ1) is 23.3. The normalized spacial score (nSPS) is 21.5. The number of alkyl halides is 3. The predicted molar refractivity (Wildman–Crippen MR) is 108 cm³/mol. The standard InChI is InChI=1S/C20H27N3O.C2HF3O2/c1-22-13-18(12-21-22)14-23-10-9-20(24-15-17-7-8-17)19(23)11-16-5-3-2-4-6-16;3-2(4,5)1(6)7/h2-6,12-13,17,19-20H,7-11,14-15H2,1H3;(H,6,7)/t19-,20+;/m0./s1. The summed E-state index contributed by atoms with van der Waals surface area (Å²) in [6, 6.07) is 11.3. The van der Waals surface area contributed by atoms with Gasteiger partial charge >= 0.3 is 12.1 Å². The van der Waals surface area contributed by atoms with Crippen molar-refractivity contribution in [3.05, 3.63) is 53.9 Å². The van der Waals surface area contributed by atoms with E-state index in [4.69, 9.17) is 14.6 Å². The van der Waals surface area contributed by atoms with Crippen LogP contribution in [0.25, 0.3) is 0 Å². The van der Waals surface area contributed by atoms with Crippen molar-refractivity contribution in [1.29, 1.82) is 0 Å². The molecule has 0 bridgehead atoms. The Morgan fingerprint density at radius 3 is 2.42 bits per heavy atom. The average molecular weight is 439 g/mol. The summed E-state index contributed by atoms with van der Waals surface area (Å²) < 4.78 is 39.9. The van der Waals surface area contributed by atoms with Crippen molar-refractivity contribution in [2.24, 2.45) is 13.0 Å². The summed E-state index contributed by atoms with van der Waals surface area (Å²) in [5.74, 6) is -1.93. The lowest BCUT2D eigenvalue weighted by atomic mass is 10.0. The Labute approximate surface area is 179 Å². The minimum atomic E-state index is -5.08. The summed E-state index contributed by atoms with van der Waals surface area (Å²) in [5.41, 5.74) is 2.69. The third-order valence-electron chi connectivity index (χ3n) is 5.52. The van der Waals surface area contributed by atoms with Gasteiger partial charge in [0, 0.05) is 44.5 Å². The zero-order chi connectivity index (χ0) is 22.4. The van der Waals surface area contributed by atoms with Gasteiger partial charge in [0.25, 0.3) is 0 Å². The summed E-state index contributed by atoms with van der Waals surface area (Å²) in [5, 5.41) is 11.4. The number of benzene rings is 1. The number of aryl methyl sites for hydroxylation is 1. The summed E-state index contributed by atoms with van der Waals surface area (Å²) in [7, 11) is 1.98. The van der Waals surface area contributed by atoms with Gasteiger partial charge in [0.1, 0.15) is 0 Å². The Morgan fingerprint density at radius 2 is 1.87 bits per heavy atom. The van der Waals surface area contributed by atoms with Gasteiger partial charge in [0.05, 0.1) is 12.3 Å². The Bertz CT molecular complexity index is 837.